The third-order valence-electron chi connectivity index (χ3n) is 3.16. The Labute approximate surface area is 136 Å². The summed E-state index contributed by atoms with van der Waals surface area (Å²) in [7, 11) is 1.35. The Balaban J connectivity index is 2.11. The van der Waals surface area contributed by atoms with E-state index in [1.165, 1.54) is 25.4 Å². The molecule has 0 saturated heterocycles. The lowest BCUT2D eigenvalue weighted by atomic mass is 10.1. The number of benzene rings is 1. The lowest BCUT2D eigenvalue weighted by Crippen LogP contribution is -2.24. The van der Waals surface area contributed by atoms with Crippen molar-refractivity contribution in [2.75, 3.05) is 0 Å². The van der Waals surface area contributed by atoms with Gasteiger partial charge in [-0.05, 0) is 22.6 Å². The van der Waals surface area contributed by atoms with Gasteiger partial charge in [0.15, 0.2) is 0 Å². The third-order valence-corrected chi connectivity index (χ3v) is 3.84. The van der Waals surface area contributed by atoms with Crippen molar-refractivity contribution < 1.29 is 17.9 Å². The van der Waals surface area contributed by atoms with E-state index in [4.69, 9.17) is 4.74 Å². The van der Waals surface area contributed by atoms with Crippen LogP contribution in [0.15, 0.2) is 34.6 Å². The van der Waals surface area contributed by atoms with E-state index in [1.807, 2.05) is 0 Å². The maximum Gasteiger partial charge on any atom is 0.416 e. The number of halogens is 3. The van der Waals surface area contributed by atoms with Crippen LogP contribution in [0.2, 0.25) is 0 Å². The fourth-order valence-corrected chi connectivity index (χ4v) is 2.56. The summed E-state index contributed by atoms with van der Waals surface area (Å²) in [6.45, 7) is -0.415. The van der Waals surface area contributed by atoms with Gasteiger partial charge >= 0.3 is 11.9 Å². The van der Waals surface area contributed by atoms with Gasteiger partial charge in [0.1, 0.15) is 6.61 Å². The summed E-state index contributed by atoms with van der Waals surface area (Å²) in [5.41, 5.74) is -1.83. The quantitative estimate of drug-likeness (QED) is 0.714. The van der Waals surface area contributed by atoms with Crippen LogP contribution in [-0.4, -0.2) is 24.8 Å². The van der Waals surface area contributed by atoms with Gasteiger partial charge in [-0.25, -0.2) is 9.78 Å². The standard InChI is InChI=1S/C13H10F3N5O2S/c1-20-12(22)21(19-18-20)10-4-2-3-9(13(14,15)16)8(10)7-23-11-17-5-6-24-11/h2-6H,7H2,1H3. The molecule has 3 aromatic rings. The molecule has 0 amide bonds. The molecule has 0 unspecified atom stereocenters. The predicted octanol–water partition coefficient (Wildman–Crippen LogP) is 2.02. The molecule has 0 atom stereocenters. The molecule has 0 aliphatic rings. The fourth-order valence-electron chi connectivity index (χ4n) is 2.07. The Hall–Kier alpha value is -2.69. The molecule has 0 fully saturated rings. The molecule has 3 rings (SSSR count). The molecular weight excluding hydrogens is 347 g/mol. The molecule has 24 heavy (non-hydrogen) atoms. The normalized spacial score (nSPS) is 11.7. The first kappa shape index (κ1) is 16.2. The number of thiazole rings is 1. The summed E-state index contributed by atoms with van der Waals surface area (Å²) < 4.78 is 47.0. The first-order valence-electron chi connectivity index (χ1n) is 6.58. The lowest BCUT2D eigenvalue weighted by molar-refractivity contribution is -0.138. The summed E-state index contributed by atoms with van der Waals surface area (Å²) in [6, 6.07) is 3.48. The van der Waals surface area contributed by atoms with Crippen LogP contribution in [0.25, 0.3) is 5.69 Å². The van der Waals surface area contributed by atoms with Crippen LogP contribution in [-0.2, 0) is 19.8 Å². The Kier molecular flexibility index (Phi) is 4.09. The highest BCUT2D eigenvalue weighted by atomic mass is 32.1. The van der Waals surface area contributed by atoms with Crippen LogP contribution < -0.4 is 10.4 Å². The minimum absolute atomic E-state index is 0.0421. The average molecular weight is 357 g/mol. The molecule has 2 heterocycles. The number of ether oxygens (including phenoxy) is 1. The minimum Gasteiger partial charge on any atom is -0.465 e. The van der Waals surface area contributed by atoms with Crippen molar-refractivity contribution in [3.8, 4) is 10.9 Å². The Morgan fingerprint density at radius 3 is 2.67 bits per heavy atom. The molecular formula is C13H10F3N5O2S. The number of tetrazole rings is 1. The smallest absolute Gasteiger partial charge is 0.416 e. The van der Waals surface area contributed by atoms with Gasteiger partial charge in [-0.2, -0.15) is 22.5 Å². The van der Waals surface area contributed by atoms with Crippen LogP contribution in [0.4, 0.5) is 13.2 Å². The molecule has 0 saturated carbocycles. The Morgan fingerprint density at radius 2 is 2.08 bits per heavy atom. The van der Waals surface area contributed by atoms with Gasteiger partial charge in [0.25, 0.3) is 5.19 Å². The van der Waals surface area contributed by atoms with E-state index in [9.17, 15) is 18.0 Å². The van der Waals surface area contributed by atoms with E-state index in [1.54, 1.807) is 5.38 Å². The summed E-state index contributed by atoms with van der Waals surface area (Å²) in [5.74, 6) is 0. The van der Waals surface area contributed by atoms with Crippen LogP contribution >= 0.6 is 11.3 Å². The molecule has 0 aliphatic heterocycles. The summed E-state index contributed by atoms with van der Waals surface area (Å²) in [5, 5.41) is 8.98. The zero-order valence-corrected chi connectivity index (χ0v) is 13.0. The largest absolute Gasteiger partial charge is 0.465 e. The maximum absolute atomic E-state index is 13.3. The molecule has 0 spiro atoms. The van der Waals surface area contributed by atoms with Crippen molar-refractivity contribution in [1.29, 1.82) is 0 Å². The van der Waals surface area contributed by atoms with Crippen molar-refractivity contribution >= 4 is 11.3 Å². The zero-order valence-electron chi connectivity index (χ0n) is 12.2. The molecule has 0 bridgehead atoms. The van der Waals surface area contributed by atoms with Crippen molar-refractivity contribution in [3.63, 3.8) is 0 Å². The van der Waals surface area contributed by atoms with Crippen LogP contribution in [0, 0.1) is 0 Å². The Morgan fingerprint density at radius 1 is 1.29 bits per heavy atom. The molecule has 0 aliphatic carbocycles. The lowest BCUT2D eigenvalue weighted by Gasteiger charge is -2.16. The van der Waals surface area contributed by atoms with E-state index >= 15 is 0 Å². The summed E-state index contributed by atoms with van der Waals surface area (Å²) in [6.07, 6.45) is -3.13. The molecule has 0 N–H and O–H groups in total. The van der Waals surface area contributed by atoms with E-state index in [-0.39, 0.29) is 16.4 Å². The van der Waals surface area contributed by atoms with E-state index in [0.717, 1.165) is 26.8 Å². The molecule has 7 nitrogen and oxygen atoms in total. The van der Waals surface area contributed by atoms with Crippen molar-refractivity contribution in [1.82, 2.24) is 24.8 Å². The molecule has 2 aromatic heterocycles. The first-order valence-corrected chi connectivity index (χ1v) is 7.46. The Bertz CT molecular complexity index is 901. The van der Waals surface area contributed by atoms with Crippen LogP contribution in [0.5, 0.6) is 5.19 Å². The van der Waals surface area contributed by atoms with Gasteiger partial charge < -0.3 is 4.74 Å². The summed E-state index contributed by atoms with van der Waals surface area (Å²) >= 11 is 1.15. The minimum atomic E-state index is -4.61. The topological polar surface area (TPSA) is 74.8 Å². The summed E-state index contributed by atoms with van der Waals surface area (Å²) in [4.78, 5) is 15.8. The zero-order chi connectivity index (χ0) is 17.3. The molecule has 0 radical (unpaired) electrons. The highest BCUT2D eigenvalue weighted by molar-refractivity contribution is 7.11. The van der Waals surface area contributed by atoms with E-state index in [0.29, 0.717) is 0 Å². The second-order valence-corrected chi connectivity index (χ2v) is 5.54. The molecule has 1 aromatic carbocycles. The number of nitrogens with zero attached hydrogens (tertiary/aromatic N) is 5. The average Bonchev–Trinajstić information content (AvgIpc) is 3.15. The molecule has 11 heteroatoms. The second-order valence-electron chi connectivity index (χ2n) is 4.68. The third kappa shape index (κ3) is 3.02. The molecule has 126 valence electrons. The highest BCUT2D eigenvalue weighted by Crippen LogP contribution is 2.34. The predicted molar refractivity (Wildman–Crippen MR) is 78.0 cm³/mol. The van der Waals surface area contributed by atoms with Crippen molar-refractivity contribution in [3.05, 3.63) is 51.4 Å². The number of aryl methyl sites for hydroxylation is 1. The second kappa shape index (κ2) is 6.07. The van der Waals surface area contributed by atoms with Crippen LogP contribution in [0.1, 0.15) is 11.1 Å². The van der Waals surface area contributed by atoms with Gasteiger partial charge in [-0.15, -0.1) is 0 Å². The highest BCUT2D eigenvalue weighted by Gasteiger charge is 2.35. The van der Waals surface area contributed by atoms with Gasteiger partial charge in [-0.1, -0.05) is 17.4 Å². The number of hydrogen-bond donors (Lipinski definition) is 0. The van der Waals surface area contributed by atoms with Crippen LogP contribution in [0.3, 0.4) is 0 Å². The van der Waals surface area contributed by atoms with E-state index < -0.39 is 24.0 Å². The van der Waals surface area contributed by atoms with E-state index in [2.05, 4.69) is 15.4 Å². The fraction of sp³-hybridized carbons (Fsp3) is 0.231. The maximum atomic E-state index is 13.3. The number of hydrogen-bond acceptors (Lipinski definition) is 6. The van der Waals surface area contributed by atoms with Gasteiger partial charge in [-0.3, -0.25) is 0 Å². The first-order chi connectivity index (χ1) is 11.4. The number of rotatable bonds is 4. The van der Waals surface area contributed by atoms with Crippen molar-refractivity contribution in [2.45, 2.75) is 12.8 Å². The monoisotopic (exact) mass is 357 g/mol. The van der Waals surface area contributed by atoms with Crippen molar-refractivity contribution in [2.24, 2.45) is 7.05 Å². The number of alkyl halides is 3. The SMILES string of the molecule is Cn1nnn(-c2cccc(C(F)(F)F)c2COc2nccs2)c1=O. The number of aromatic nitrogens is 5. The van der Waals surface area contributed by atoms with Gasteiger partial charge in [0, 0.05) is 24.2 Å². The van der Waals surface area contributed by atoms with Gasteiger partial charge in [0.05, 0.1) is 11.3 Å². The van der Waals surface area contributed by atoms with Gasteiger partial charge in [0.2, 0.25) is 0 Å².